The van der Waals surface area contributed by atoms with Gasteiger partial charge in [-0.05, 0) is 37.3 Å². The van der Waals surface area contributed by atoms with E-state index < -0.39 is 35.8 Å². The van der Waals surface area contributed by atoms with Crippen LogP contribution < -0.4 is 15.5 Å². The first kappa shape index (κ1) is 21.0. The van der Waals surface area contributed by atoms with E-state index in [-0.39, 0.29) is 27.4 Å². The lowest BCUT2D eigenvalue weighted by Crippen LogP contribution is -2.43. The van der Waals surface area contributed by atoms with Crippen molar-refractivity contribution in [1.82, 2.24) is 10.6 Å². The fourth-order valence-corrected chi connectivity index (χ4v) is 3.00. The summed E-state index contributed by atoms with van der Waals surface area (Å²) in [5.41, 5.74) is 0.322. The fraction of sp³-hybridized carbons (Fsp3) is 0.150. The van der Waals surface area contributed by atoms with Gasteiger partial charge in [-0.3, -0.25) is 19.7 Å². The summed E-state index contributed by atoms with van der Waals surface area (Å²) in [6.07, 6.45) is -1.26. The van der Waals surface area contributed by atoms with Crippen LogP contribution in [-0.2, 0) is 9.53 Å². The van der Waals surface area contributed by atoms with E-state index in [1.807, 2.05) is 5.32 Å². The third-order valence-corrected chi connectivity index (χ3v) is 4.65. The van der Waals surface area contributed by atoms with Gasteiger partial charge in [-0.2, -0.15) is 0 Å². The van der Waals surface area contributed by atoms with Gasteiger partial charge in [0.15, 0.2) is 6.10 Å². The first-order valence-electron chi connectivity index (χ1n) is 8.75. The average molecular weight is 430 g/mol. The molecule has 2 aromatic carbocycles. The van der Waals surface area contributed by atoms with Crippen molar-refractivity contribution < 1.29 is 28.7 Å². The number of benzene rings is 2. The number of para-hydroxylation sites is 1. The van der Waals surface area contributed by atoms with Crippen molar-refractivity contribution in [2.45, 2.75) is 13.0 Å². The molecular formula is C20H16ClN3O6. The first-order chi connectivity index (χ1) is 14.2. The highest BCUT2D eigenvalue weighted by Crippen LogP contribution is 2.33. The lowest BCUT2D eigenvalue weighted by molar-refractivity contribution is -0.127. The Balaban J connectivity index is 1.81. The Bertz CT molecular complexity index is 1080. The number of carbonyl (C=O) groups is 5. The third-order valence-electron chi connectivity index (χ3n) is 4.33. The number of imide groups is 2. The Morgan fingerprint density at radius 3 is 2.37 bits per heavy atom. The Morgan fingerprint density at radius 1 is 1.03 bits per heavy atom. The zero-order chi connectivity index (χ0) is 22.0. The molecule has 30 heavy (non-hydrogen) atoms. The lowest BCUT2D eigenvalue weighted by Gasteiger charge is -2.15. The molecule has 0 bridgehead atoms. The largest absolute Gasteiger partial charge is 0.449 e. The molecule has 0 fully saturated rings. The number of anilines is 1. The highest BCUT2D eigenvalue weighted by molar-refractivity contribution is 6.39. The number of carbonyl (C=O) groups excluding carboxylic acids is 5. The molecule has 2 aromatic rings. The van der Waals surface area contributed by atoms with Crippen LogP contribution in [0.25, 0.3) is 0 Å². The number of halogens is 1. The van der Waals surface area contributed by atoms with Gasteiger partial charge in [0.2, 0.25) is 0 Å². The molecule has 0 radical (unpaired) electrons. The van der Waals surface area contributed by atoms with Crippen molar-refractivity contribution >= 4 is 47.0 Å². The maximum Gasteiger partial charge on any atom is 0.338 e. The summed E-state index contributed by atoms with van der Waals surface area (Å²) in [6.45, 7) is 1.29. The van der Waals surface area contributed by atoms with Gasteiger partial charge < -0.3 is 10.1 Å². The number of hydrogen-bond acceptors (Lipinski definition) is 6. The van der Waals surface area contributed by atoms with Gasteiger partial charge in [0.25, 0.3) is 17.7 Å². The predicted octanol–water partition coefficient (Wildman–Crippen LogP) is 2.14. The summed E-state index contributed by atoms with van der Waals surface area (Å²) < 4.78 is 5.03. The molecule has 154 valence electrons. The van der Waals surface area contributed by atoms with Gasteiger partial charge in [-0.1, -0.05) is 23.7 Å². The summed E-state index contributed by atoms with van der Waals surface area (Å²) >= 11 is 6.11. The van der Waals surface area contributed by atoms with E-state index in [2.05, 4.69) is 5.32 Å². The molecule has 0 spiro atoms. The van der Waals surface area contributed by atoms with Crippen molar-refractivity contribution in [3.63, 3.8) is 0 Å². The number of esters is 1. The average Bonchev–Trinajstić information content (AvgIpc) is 2.98. The van der Waals surface area contributed by atoms with Crippen molar-refractivity contribution in [2.24, 2.45) is 0 Å². The number of hydrogen-bond donors (Lipinski definition) is 2. The van der Waals surface area contributed by atoms with Crippen LogP contribution in [0.1, 0.15) is 38.0 Å². The van der Waals surface area contributed by atoms with Crippen LogP contribution in [0, 0.1) is 0 Å². The maximum atomic E-state index is 12.8. The molecule has 1 atom stereocenters. The van der Waals surface area contributed by atoms with Crippen molar-refractivity contribution in [3.05, 3.63) is 64.2 Å². The van der Waals surface area contributed by atoms with E-state index >= 15 is 0 Å². The highest BCUT2D eigenvalue weighted by Gasteiger charge is 2.38. The van der Waals surface area contributed by atoms with Gasteiger partial charge in [0.05, 0.1) is 27.4 Å². The topological polar surface area (TPSA) is 122 Å². The number of rotatable bonds is 4. The molecule has 0 aliphatic carbocycles. The Morgan fingerprint density at radius 2 is 1.70 bits per heavy atom. The lowest BCUT2D eigenvalue weighted by atomic mass is 10.1. The van der Waals surface area contributed by atoms with Gasteiger partial charge in [0.1, 0.15) is 0 Å². The number of amides is 5. The van der Waals surface area contributed by atoms with Gasteiger partial charge >= 0.3 is 12.0 Å². The zero-order valence-electron chi connectivity index (χ0n) is 15.9. The van der Waals surface area contributed by atoms with E-state index in [4.69, 9.17) is 16.3 Å². The van der Waals surface area contributed by atoms with E-state index in [1.54, 1.807) is 18.2 Å². The number of nitrogens with one attached hydrogen (secondary N) is 2. The summed E-state index contributed by atoms with van der Waals surface area (Å²) in [7, 11) is 1.33. The van der Waals surface area contributed by atoms with E-state index in [0.717, 1.165) is 4.90 Å². The minimum Gasteiger partial charge on any atom is -0.449 e. The molecule has 2 N–H and O–H groups in total. The molecule has 0 saturated heterocycles. The second kappa shape index (κ2) is 8.34. The van der Waals surface area contributed by atoms with Gasteiger partial charge in [-0.15, -0.1) is 0 Å². The maximum absolute atomic E-state index is 12.8. The smallest absolute Gasteiger partial charge is 0.338 e. The molecule has 1 aliphatic heterocycles. The molecule has 1 aliphatic rings. The number of fused-ring (bicyclic) bond motifs is 1. The molecule has 0 saturated carbocycles. The minimum atomic E-state index is -1.26. The van der Waals surface area contributed by atoms with Crippen molar-refractivity contribution in [1.29, 1.82) is 0 Å². The number of urea groups is 1. The van der Waals surface area contributed by atoms with Crippen LogP contribution in [0.5, 0.6) is 0 Å². The van der Waals surface area contributed by atoms with Crippen LogP contribution in [0.4, 0.5) is 10.5 Å². The fourth-order valence-electron chi connectivity index (χ4n) is 2.78. The monoisotopic (exact) mass is 429 g/mol. The second-order valence-electron chi connectivity index (χ2n) is 6.27. The molecule has 3 rings (SSSR count). The third kappa shape index (κ3) is 3.87. The number of ether oxygens (including phenoxy) is 1. The van der Waals surface area contributed by atoms with Crippen molar-refractivity contribution in [2.75, 3.05) is 11.9 Å². The second-order valence-corrected chi connectivity index (χ2v) is 6.68. The van der Waals surface area contributed by atoms with Crippen LogP contribution in [-0.4, -0.2) is 42.9 Å². The van der Waals surface area contributed by atoms with E-state index in [9.17, 15) is 24.0 Å². The summed E-state index contributed by atoms with van der Waals surface area (Å²) in [4.78, 5) is 61.8. The van der Waals surface area contributed by atoms with Crippen LogP contribution in [0.15, 0.2) is 42.5 Å². The van der Waals surface area contributed by atoms with E-state index in [1.165, 1.54) is 38.2 Å². The molecule has 9 nitrogen and oxygen atoms in total. The molecule has 0 aromatic heterocycles. The van der Waals surface area contributed by atoms with E-state index in [0.29, 0.717) is 0 Å². The normalized spacial score (nSPS) is 13.5. The molecule has 10 heteroatoms. The number of nitrogens with zero attached hydrogens (tertiary/aromatic N) is 1. The van der Waals surface area contributed by atoms with Crippen LogP contribution in [0.2, 0.25) is 5.02 Å². The Hall–Kier alpha value is -3.72. The van der Waals surface area contributed by atoms with Crippen molar-refractivity contribution in [3.8, 4) is 0 Å². The molecule has 1 unspecified atom stereocenters. The van der Waals surface area contributed by atoms with Gasteiger partial charge in [0, 0.05) is 7.05 Å². The SMILES string of the molecule is CNC(=O)NC(=O)C(C)OC(=O)c1ccc2c(c1)C(=O)N(c1ccccc1Cl)C2=O. The van der Waals surface area contributed by atoms with Crippen LogP contribution in [0.3, 0.4) is 0 Å². The molecule has 5 amide bonds. The molecular weight excluding hydrogens is 414 g/mol. The zero-order valence-corrected chi connectivity index (χ0v) is 16.6. The quantitative estimate of drug-likeness (QED) is 0.567. The van der Waals surface area contributed by atoms with Crippen LogP contribution >= 0.6 is 11.6 Å². The molecule has 1 heterocycles. The predicted molar refractivity (Wildman–Crippen MR) is 107 cm³/mol. The Kier molecular flexibility index (Phi) is 5.84. The Labute approximate surface area is 175 Å². The highest BCUT2D eigenvalue weighted by atomic mass is 35.5. The summed E-state index contributed by atoms with van der Waals surface area (Å²) in [5, 5.41) is 4.41. The first-order valence-corrected chi connectivity index (χ1v) is 9.13. The van der Waals surface area contributed by atoms with Gasteiger partial charge in [-0.25, -0.2) is 14.5 Å². The minimum absolute atomic E-state index is 0.0110. The standard InChI is InChI=1S/C20H16ClN3O6/c1-10(16(25)23-20(29)22-2)30-19(28)11-7-8-12-13(9-11)18(27)24(17(12)26)15-6-4-3-5-14(15)21/h3-10H,1-2H3,(H2,22,23,25,29). The summed E-state index contributed by atoms with van der Waals surface area (Å²) in [6, 6.07) is 9.50. The summed E-state index contributed by atoms with van der Waals surface area (Å²) in [5.74, 6) is -2.92.